The van der Waals surface area contributed by atoms with Gasteiger partial charge in [0.05, 0.1) is 19.3 Å². The van der Waals surface area contributed by atoms with Crippen LogP contribution in [0.4, 0.5) is 0 Å². The number of hydroxylamine groups is 1. The molecule has 0 aliphatic rings. The highest BCUT2D eigenvalue weighted by Gasteiger charge is 2.31. The van der Waals surface area contributed by atoms with Gasteiger partial charge in [0.25, 0.3) is 0 Å². The first kappa shape index (κ1) is 19.3. The van der Waals surface area contributed by atoms with Gasteiger partial charge in [0.1, 0.15) is 5.44 Å². The van der Waals surface area contributed by atoms with Gasteiger partial charge < -0.3 is 14.9 Å². The summed E-state index contributed by atoms with van der Waals surface area (Å²) in [7, 11) is -2.44. The molecule has 10 heteroatoms. The highest BCUT2D eigenvalue weighted by atomic mass is 32.1. The van der Waals surface area contributed by atoms with Crippen LogP contribution >= 0.6 is 20.5 Å². The molecule has 0 aromatic rings. The van der Waals surface area contributed by atoms with E-state index in [0.717, 1.165) is 6.92 Å². The standard InChI is InChI=1S/C9H22NO7PS/c1-7(14-4)5-15-18(13,16-8(2)19)17-10-6-9(3,11)12/h7-8,10-12,19H,5-6H2,1-4H3. The molecule has 3 N–H and O–H groups in total. The predicted octanol–water partition coefficient (Wildman–Crippen LogP) is 0.660. The van der Waals surface area contributed by atoms with E-state index in [1.54, 1.807) is 6.92 Å². The first-order chi connectivity index (χ1) is 8.58. The zero-order valence-electron chi connectivity index (χ0n) is 11.4. The molecule has 0 bridgehead atoms. The first-order valence-electron chi connectivity index (χ1n) is 5.58. The van der Waals surface area contributed by atoms with E-state index < -0.39 is 19.0 Å². The van der Waals surface area contributed by atoms with E-state index in [9.17, 15) is 4.57 Å². The minimum atomic E-state index is -3.92. The van der Waals surface area contributed by atoms with Crippen LogP contribution in [0, 0.1) is 0 Å². The Morgan fingerprint density at radius 3 is 2.42 bits per heavy atom. The SMILES string of the molecule is COC(C)COP(=O)(ONCC(C)(O)O)OC(C)S. The van der Waals surface area contributed by atoms with Gasteiger partial charge in [-0.15, -0.1) is 12.6 Å². The van der Waals surface area contributed by atoms with E-state index in [1.807, 2.05) is 0 Å². The molecule has 0 spiro atoms. The van der Waals surface area contributed by atoms with Crippen molar-refractivity contribution in [2.45, 2.75) is 38.1 Å². The molecule has 0 aromatic carbocycles. The van der Waals surface area contributed by atoms with Crippen molar-refractivity contribution >= 4 is 20.5 Å². The van der Waals surface area contributed by atoms with Crippen LogP contribution in [0.25, 0.3) is 0 Å². The zero-order chi connectivity index (χ0) is 15.1. The molecular formula is C9H22NO7PS. The monoisotopic (exact) mass is 319 g/mol. The van der Waals surface area contributed by atoms with Crippen molar-refractivity contribution in [2.24, 2.45) is 0 Å². The van der Waals surface area contributed by atoms with Gasteiger partial charge in [0.2, 0.25) is 0 Å². The molecule has 8 nitrogen and oxygen atoms in total. The normalized spacial score (nSPS) is 18.9. The lowest BCUT2D eigenvalue weighted by Crippen LogP contribution is -2.37. The van der Waals surface area contributed by atoms with Crippen molar-refractivity contribution in [3.63, 3.8) is 0 Å². The van der Waals surface area contributed by atoms with E-state index in [0.29, 0.717) is 0 Å². The minimum Gasteiger partial charge on any atom is -0.379 e. The zero-order valence-corrected chi connectivity index (χ0v) is 13.2. The van der Waals surface area contributed by atoms with Gasteiger partial charge in [-0.3, -0.25) is 9.05 Å². The van der Waals surface area contributed by atoms with Crippen LogP contribution in [0.5, 0.6) is 0 Å². The van der Waals surface area contributed by atoms with E-state index in [4.69, 9.17) is 28.6 Å². The third kappa shape index (κ3) is 10.7. The first-order valence-corrected chi connectivity index (χ1v) is 7.56. The van der Waals surface area contributed by atoms with Crippen LogP contribution in [0.3, 0.4) is 0 Å². The smallest absolute Gasteiger partial charge is 0.379 e. The summed E-state index contributed by atoms with van der Waals surface area (Å²) in [6.45, 7) is 3.96. The molecule has 0 saturated carbocycles. The Labute approximate surface area is 118 Å². The summed E-state index contributed by atoms with van der Waals surface area (Å²) in [6, 6.07) is 0. The second-order valence-electron chi connectivity index (χ2n) is 4.12. The maximum absolute atomic E-state index is 12.1. The fourth-order valence-corrected chi connectivity index (χ4v) is 2.27. The van der Waals surface area contributed by atoms with Gasteiger partial charge in [-0.25, -0.2) is 4.57 Å². The summed E-state index contributed by atoms with van der Waals surface area (Å²) < 4.78 is 31.8. The number of phosphoric acid groups is 1. The number of ether oxygens (including phenoxy) is 1. The molecule has 0 fully saturated rings. The summed E-state index contributed by atoms with van der Waals surface area (Å²) in [6.07, 6.45) is -0.309. The molecule has 116 valence electrons. The molecule has 0 rings (SSSR count). The molecule has 3 unspecified atom stereocenters. The van der Waals surface area contributed by atoms with E-state index in [2.05, 4.69) is 18.1 Å². The number of nitrogens with one attached hydrogen (secondary N) is 1. The van der Waals surface area contributed by atoms with E-state index in [-0.39, 0.29) is 19.3 Å². The Morgan fingerprint density at radius 1 is 1.42 bits per heavy atom. The second-order valence-corrected chi connectivity index (χ2v) is 6.40. The fraction of sp³-hybridized carbons (Fsp3) is 1.00. The molecule has 0 saturated heterocycles. The van der Waals surface area contributed by atoms with Crippen LogP contribution in [-0.4, -0.2) is 47.8 Å². The number of thiol groups is 1. The van der Waals surface area contributed by atoms with Gasteiger partial charge in [-0.2, -0.15) is 10.1 Å². The number of methoxy groups -OCH3 is 1. The molecule has 3 atom stereocenters. The Hall–Kier alpha value is 0.300. The molecule has 0 amide bonds. The molecule has 19 heavy (non-hydrogen) atoms. The maximum Gasteiger partial charge on any atom is 0.492 e. The van der Waals surface area contributed by atoms with Crippen LogP contribution in [-0.2, 0) is 23.0 Å². The number of aliphatic hydroxyl groups is 2. The lowest BCUT2D eigenvalue weighted by atomic mass is 10.3. The van der Waals surface area contributed by atoms with Gasteiger partial charge in [0.15, 0.2) is 5.79 Å². The van der Waals surface area contributed by atoms with Crippen LogP contribution < -0.4 is 5.48 Å². The van der Waals surface area contributed by atoms with Crippen molar-refractivity contribution in [3.05, 3.63) is 0 Å². The van der Waals surface area contributed by atoms with E-state index >= 15 is 0 Å². The molecule has 0 aliphatic carbocycles. The van der Waals surface area contributed by atoms with Gasteiger partial charge in [0, 0.05) is 7.11 Å². The van der Waals surface area contributed by atoms with Gasteiger partial charge >= 0.3 is 7.82 Å². The van der Waals surface area contributed by atoms with Crippen molar-refractivity contribution in [2.75, 3.05) is 20.3 Å². The summed E-state index contributed by atoms with van der Waals surface area (Å²) >= 11 is 3.93. The Balaban J connectivity index is 4.38. The summed E-state index contributed by atoms with van der Waals surface area (Å²) in [5.74, 6) is -2.02. The maximum atomic E-state index is 12.1. The number of rotatable bonds is 10. The predicted molar refractivity (Wildman–Crippen MR) is 71.5 cm³/mol. The second kappa shape index (κ2) is 8.56. The third-order valence-electron chi connectivity index (χ3n) is 1.73. The summed E-state index contributed by atoms with van der Waals surface area (Å²) in [5.41, 5.74) is 1.43. The van der Waals surface area contributed by atoms with Gasteiger partial charge in [-0.05, 0) is 20.8 Å². The molecule has 0 radical (unpaired) electrons. The largest absolute Gasteiger partial charge is 0.492 e. The van der Waals surface area contributed by atoms with Crippen molar-refractivity contribution in [1.82, 2.24) is 5.48 Å². The lowest BCUT2D eigenvalue weighted by molar-refractivity contribution is -0.153. The van der Waals surface area contributed by atoms with Crippen LogP contribution in [0.1, 0.15) is 20.8 Å². The Morgan fingerprint density at radius 2 is 2.00 bits per heavy atom. The highest BCUT2D eigenvalue weighted by molar-refractivity contribution is 7.81. The minimum absolute atomic E-state index is 0.0223. The van der Waals surface area contributed by atoms with Crippen LogP contribution in [0.15, 0.2) is 0 Å². The molecular weight excluding hydrogens is 297 g/mol. The average molecular weight is 319 g/mol. The van der Waals surface area contributed by atoms with Crippen molar-refractivity contribution in [1.29, 1.82) is 0 Å². The molecule has 0 heterocycles. The summed E-state index contributed by atoms with van der Waals surface area (Å²) in [4.78, 5) is 0. The topological polar surface area (TPSA) is 106 Å². The number of hydrogen-bond acceptors (Lipinski definition) is 9. The fourth-order valence-electron chi connectivity index (χ4n) is 0.777. The summed E-state index contributed by atoms with van der Waals surface area (Å²) in [5, 5.41) is 18.1. The number of phosphoric ester groups is 1. The lowest BCUT2D eigenvalue weighted by Gasteiger charge is -2.22. The quantitative estimate of drug-likeness (QED) is 0.201. The van der Waals surface area contributed by atoms with Crippen molar-refractivity contribution in [3.8, 4) is 0 Å². The number of hydrogen-bond donors (Lipinski definition) is 4. The van der Waals surface area contributed by atoms with Gasteiger partial charge in [-0.1, -0.05) is 0 Å². The van der Waals surface area contributed by atoms with Crippen molar-refractivity contribution < 1.29 is 33.2 Å². The highest BCUT2D eigenvalue weighted by Crippen LogP contribution is 2.50. The molecule has 0 aromatic heterocycles. The molecule has 0 aliphatic heterocycles. The average Bonchev–Trinajstić information content (AvgIpc) is 2.23. The Kier molecular flexibility index (Phi) is 8.69. The third-order valence-corrected chi connectivity index (χ3v) is 3.40. The van der Waals surface area contributed by atoms with Crippen LogP contribution in [0.2, 0.25) is 0 Å². The Bertz CT molecular complexity index is 297. The van der Waals surface area contributed by atoms with E-state index in [1.165, 1.54) is 14.0 Å².